The first kappa shape index (κ1) is 23.9. The third kappa shape index (κ3) is 7.44. The van der Waals surface area contributed by atoms with Crippen molar-refractivity contribution in [2.24, 2.45) is 0 Å². The number of unbranched alkanes of at least 4 members (excludes halogenated alkanes) is 1. The fourth-order valence-electron chi connectivity index (χ4n) is 3.41. The third-order valence-electron chi connectivity index (χ3n) is 4.91. The third-order valence-corrected chi connectivity index (χ3v) is 4.91. The maximum Gasteiger partial charge on any atom is 0.305 e. The molecule has 5 N–H and O–H groups in total. The zero-order valence-corrected chi connectivity index (χ0v) is 17.9. The topological polar surface area (TPSA) is 148 Å². The number of carboxylic acids is 2. The molecule has 168 valence electrons. The van der Waals surface area contributed by atoms with Crippen LogP contribution in [0.3, 0.4) is 0 Å². The number of nitrogens with zero attached hydrogens (tertiary/aromatic N) is 2. The van der Waals surface area contributed by atoms with Gasteiger partial charge in [0.1, 0.15) is 11.6 Å². The average Bonchev–Trinajstić information content (AvgIpc) is 2.72. The molecule has 0 aliphatic heterocycles. The lowest BCUT2D eigenvalue weighted by Gasteiger charge is -2.22. The molecule has 1 aromatic carbocycles. The van der Waals surface area contributed by atoms with Gasteiger partial charge in [-0.25, -0.2) is 4.98 Å². The zero-order chi connectivity index (χ0) is 22.8. The number of ether oxygens (including phenoxy) is 1. The lowest BCUT2D eigenvalue weighted by atomic mass is 9.99. The fraction of sp³-hybridized carbons (Fsp3) is 0.455. The van der Waals surface area contributed by atoms with E-state index in [-0.39, 0.29) is 31.3 Å². The molecule has 1 heterocycles. The molecule has 0 spiro atoms. The number of anilines is 2. The Labute approximate surface area is 181 Å². The van der Waals surface area contributed by atoms with Gasteiger partial charge in [-0.1, -0.05) is 38.0 Å². The second-order valence-corrected chi connectivity index (χ2v) is 7.32. The van der Waals surface area contributed by atoms with Crippen molar-refractivity contribution in [1.29, 1.82) is 0 Å². The number of carboxylic acid groups (broad SMARTS) is 2. The fourth-order valence-corrected chi connectivity index (χ4v) is 3.41. The Balaban J connectivity index is 2.48. The summed E-state index contributed by atoms with van der Waals surface area (Å²) >= 11 is 0. The zero-order valence-electron chi connectivity index (χ0n) is 17.9. The minimum Gasteiger partial charge on any atom is -0.496 e. The van der Waals surface area contributed by atoms with Crippen molar-refractivity contribution in [2.75, 3.05) is 18.2 Å². The number of methoxy groups -OCH3 is 1. The number of benzene rings is 1. The minimum atomic E-state index is -0.943. The Kier molecular flexibility index (Phi) is 9.05. The van der Waals surface area contributed by atoms with E-state index in [9.17, 15) is 14.7 Å². The first-order valence-electron chi connectivity index (χ1n) is 10.3. The van der Waals surface area contributed by atoms with Gasteiger partial charge >= 0.3 is 11.9 Å². The standard InChI is InChI=1S/C22H30N4O5/c1-3-4-8-15(13-20(29)30)24-21-16(12-14-7-5-6-9-18(14)31-2)17(10-11-19(27)28)25-22(23)26-21/h5-7,9,15H,3-4,8,10-13H2,1-2H3,(H,27,28)(H,29,30)(H3,23,24,25,26). The number of rotatable bonds is 13. The molecule has 0 aliphatic carbocycles. The molecule has 9 nitrogen and oxygen atoms in total. The van der Waals surface area contributed by atoms with Crippen molar-refractivity contribution in [3.05, 3.63) is 41.1 Å². The largest absolute Gasteiger partial charge is 0.496 e. The highest BCUT2D eigenvalue weighted by atomic mass is 16.5. The SMILES string of the molecule is CCCCC(CC(=O)O)Nc1nc(N)nc(CCC(=O)O)c1Cc1ccccc1OC. The summed E-state index contributed by atoms with van der Waals surface area (Å²) in [5.41, 5.74) is 7.99. The molecule has 2 rings (SSSR count). The summed E-state index contributed by atoms with van der Waals surface area (Å²) in [7, 11) is 1.58. The van der Waals surface area contributed by atoms with E-state index in [4.69, 9.17) is 15.6 Å². The Morgan fingerprint density at radius 1 is 1.19 bits per heavy atom. The maximum absolute atomic E-state index is 11.4. The highest BCUT2D eigenvalue weighted by molar-refractivity contribution is 5.69. The van der Waals surface area contributed by atoms with Crippen LogP contribution in [-0.2, 0) is 22.4 Å². The second-order valence-electron chi connectivity index (χ2n) is 7.32. The molecule has 0 bridgehead atoms. The lowest BCUT2D eigenvalue weighted by molar-refractivity contribution is -0.138. The van der Waals surface area contributed by atoms with Crippen LogP contribution in [0.4, 0.5) is 11.8 Å². The molecule has 1 aromatic heterocycles. The Hall–Kier alpha value is -3.36. The number of para-hydroxylation sites is 1. The van der Waals surface area contributed by atoms with E-state index < -0.39 is 11.9 Å². The lowest BCUT2D eigenvalue weighted by Crippen LogP contribution is -2.25. The number of aliphatic carboxylic acids is 2. The molecule has 0 aliphatic rings. The van der Waals surface area contributed by atoms with Crippen molar-refractivity contribution in [3.8, 4) is 5.75 Å². The van der Waals surface area contributed by atoms with Gasteiger partial charge in [-0.05, 0) is 18.1 Å². The van der Waals surface area contributed by atoms with E-state index in [1.54, 1.807) is 7.11 Å². The summed E-state index contributed by atoms with van der Waals surface area (Å²) in [5.74, 6) is -0.727. The van der Waals surface area contributed by atoms with E-state index in [1.165, 1.54) is 0 Å². The van der Waals surface area contributed by atoms with Crippen LogP contribution in [0.2, 0.25) is 0 Å². The Morgan fingerprint density at radius 3 is 2.58 bits per heavy atom. The first-order chi connectivity index (χ1) is 14.8. The van der Waals surface area contributed by atoms with Crippen LogP contribution in [0.5, 0.6) is 5.75 Å². The summed E-state index contributed by atoms with van der Waals surface area (Å²) in [6.07, 6.45) is 2.84. The van der Waals surface area contributed by atoms with Gasteiger partial charge in [0, 0.05) is 24.4 Å². The van der Waals surface area contributed by atoms with E-state index >= 15 is 0 Å². The smallest absolute Gasteiger partial charge is 0.305 e. The van der Waals surface area contributed by atoms with Crippen LogP contribution in [0.15, 0.2) is 24.3 Å². The average molecular weight is 431 g/mol. The molecule has 1 unspecified atom stereocenters. The van der Waals surface area contributed by atoms with Gasteiger partial charge in [0.15, 0.2) is 0 Å². The summed E-state index contributed by atoms with van der Waals surface area (Å²) in [6.45, 7) is 2.04. The quantitative estimate of drug-likeness (QED) is 0.376. The highest BCUT2D eigenvalue weighted by Gasteiger charge is 2.20. The summed E-state index contributed by atoms with van der Waals surface area (Å²) in [6, 6.07) is 7.15. The van der Waals surface area contributed by atoms with Gasteiger partial charge in [-0.3, -0.25) is 9.59 Å². The number of hydrogen-bond acceptors (Lipinski definition) is 7. The summed E-state index contributed by atoms with van der Waals surface area (Å²) in [4.78, 5) is 31.1. The first-order valence-corrected chi connectivity index (χ1v) is 10.3. The second kappa shape index (κ2) is 11.7. The number of carbonyl (C=O) groups is 2. The van der Waals surface area contributed by atoms with Gasteiger partial charge in [0.05, 0.1) is 25.6 Å². The van der Waals surface area contributed by atoms with Crippen molar-refractivity contribution in [2.45, 2.75) is 57.9 Å². The van der Waals surface area contributed by atoms with Gasteiger partial charge in [-0.15, -0.1) is 0 Å². The van der Waals surface area contributed by atoms with Crippen LogP contribution in [0, 0.1) is 0 Å². The van der Waals surface area contributed by atoms with E-state index in [0.29, 0.717) is 35.7 Å². The Bertz CT molecular complexity index is 903. The molecule has 1 atom stereocenters. The van der Waals surface area contributed by atoms with E-state index in [0.717, 1.165) is 18.4 Å². The number of aromatic nitrogens is 2. The molecule has 31 heavy (non-hydrogen) atoms. The molecule has 0 amide bonds. The molecule has 0 saturated heterocycles. The number of aryl methyl sites for hydroxylation is 1. The van der Waals surface area contributed by atoms with Crippen LogP contribution in [0.1, 0.15) is 55.8 Å². The molecular weight excluding hydrogens is 400 g/mol. The number of nitrogens with two attached hydrogens (primary N) is 1. The van der Waals surface area contributed by atoms with Crippen LogP contribution in [0.25, 0.3) is 0 Å². The van der Waals surface area contributed by atoms with Crippen LogP contribution >= 0.6 is 0 Å². The van der Waals surface area contributed by atoms with Gasteiger partial charge in [0.25, 0.3) is 0 Å². The summed E-state index contributed by atoms with van der Waals surface area (Å²) in [5, 5.41) is 21.7. The van der Waals surface area contributed by atoms with Crippen molar-refractivity contribution >= 4 is 23.7 Å². The van der Waals surface area contributed by atoms with Gasteiger partial charge < -0.3 is 26.0 Å². The number of hydrogen-bond donors (Lipinski definition) is 4. The van der Waals surface area contributed by atoms with Crippen LogP contribution in [-0.4, -0.2) is 45.3 Å². The van der Waals surface area contributed by atoms with E-state index in [1.807, 2.05) is 31.2 Å². The van der Waals surface area contributed by atoms with Crippen molar-refractivity contribution in [3.63, 3.8) is 0 Å². The summed E-state index contributed by atoms with van der Waals surface area (Å²) < 4.78 is 5.45. The molecule has 0 radical (unpaired) electrons. The van der Waals surface area contributed by atoms with Crippen molar-refractivity contribution in [1.82, 2.24) is 9.97 Å². The van der Waals surface area contributed by atoms with Crippen molar-refractivity contribution < 1.29 is 24.5 Å². The molecule has 0 fully saturated rings. The molecule has 9 heteroatoms. The Morgan fingerprint density at radius 2 is 1.94 bits per heavy atom. The maximum atomic E-state index is 11.4. The normalized spacial score (nSPS) is 11.7. The highest BCUT2D eigenvalue weighted by Crippen LogP contribution is 2.28. The van der Waals surface area contributed by atoms with Gasteiger partial charge in [0.2, 0.25) is 5.95 Å². The molecular formula is C22H30N4O5. The molecule has 2 aromatic rings. The predicted molar refractivity (Wildman–Crippen MR) is 117 cm³/mol. The minimum absolute atomic E-state index is 0.0104. The number of nitrogen functional groups attached to an aromatic ring is 1. The van der Waals surface area contributed by atoms with Crippen LogP contribution < -0.4 is 15.8 Å². The molecule has 0 saturated carbocycles. The monoisotopic (exact) mass is 430 g/mol. The predicted octanol–water partition coefficient (Wildman–Crippen LogP) is 3.12. The van der Waals surface area contributed by atoms with E-state index in [2.05, 4.69) is 15.3 Å². The number of nitrogens with one attached hydrogen (secondary N) is 1. The van der Waals surface area contributed by atoms with Gasteiger partial charge in [-0.2, -0.15) is 4.98 Å².